The standard InChI is InChI=1S/C8H5ClF2O4S/c9-5-3-1-2-4-6(5)16(14,15)8(10,11)7(12)13/h1-4H,(H,12,13). The number of hydrogen-bond acceptors (Lipinski definition) is 3. The van der Waals surface area contributed by atoms with Gasteiger partial charge >= 0.3 is 11.2 Å². The van der Waals surface area contributed by atoms with Gasteiger partial charge in [-0.2, -0.15) is 8.78 Å². The molecule has 0 atom stereocenters. The molecule has 0 amide bonds. The SMILES string of the molecule is O=C(O)C(F)(F)S(=O)(=O)c1ccccc1Cl. The molecule has 16 heavy (non-hydrogen) atoms. The van der Waals surface area contributed by atoms with Gasteiger partial charge in [0, 0.05) is 0 Å². The molecule has 0 aliphatic carbocycles. The first-order chi connectivity index (χ1) is 7.21. The third kappa shape index (κ3) is 1.88. The van der Waals surface area contributed by atoms with E-state index in [0.29, 0.717) is 0 Å². The van der Waals surface area contributed by atoms with Gasteiger partial charge in [-0.25, -0.2) is 13.2 Å². The molecule has 1 N–H and O–H groups in total. The molecule has 1 aromatic rings. The quantitative estimate of drug-likeness (QED) is 0.909. The Morgan fingerprint density at radius 1 is 1.31 bits per heavy atom. The molecule has 0 aliphatic heterocycles. The topological polar surface area (TPSA) is 71.4 Å². The summed E-state index contributed by atoms with van der Waals surface area (Å²) in [5.41, 5.74) is 0. The number of sulfone groups is 1. The molecule has 1 rings (SSSR count). The molecule has 1 aromatic carbocycles. The molecule has 4 nitrogen and oxygen atoms in total. The number of rotatable bonds is 3. The molecule has 88 valence electrons. The molecule has 8 heteroatoms. The van der Waals surface area contributed by atoms with Crippen molar-refractivity contribution in [2.24, 2.45) is 0 Å². The van der Waals surface area contributed by atoms with Crippen LogP contribution in [0.15, 0.2) is 29.2 Å². The van der Waals surface area contributed by atoms with E-state index in [0.717, 1.165) is 18.2 Å². The van der Waals surface area contributed by atoms with E-state index in [2.05, 4.69) is 0 Å². The lowest BCUT2D eigenvalue weighted by molar-refractivity contribution is -0.153. The van der Waals surface area contributed by atoms with Crippen LogP contribution in [0, 0.1) is 0 Å². The number of carboxylic acids is 1. The Morgan fingerprint density at radius 2 is 1.81 bits per heavy atom. The smallest absolute Gasteiger partial charge is 0.444 e. The molecule has 0 saturated heterocycles. The molecular weight excluding hydrogens is 266 g/mol. The first kappa shape index (κ1) is 12.9. The number of halogens is 3. The maximum atomic E-state index is 12.9. The fourth-order valence-electron chi connectivity index (χ4n) is 0.916. The van der Waals surface area contributed by atoms with Crippen LogP contribution >= 0.6 is 11.6 Å². The number of benzene rings is 1. The van der Waals surface area contributed by atoms with Gasteiger partial charge in [-0.3, -0.25) is 0 Å². The van der Waals surface area contributed by atoms with Gasteiger partial charge in [0.2, 0.25) is 0 Å². The Bertz CT molecular complexity index is 527. The summed E-state index contributed by atoms with van der Waals surface area (Å²) in [5.74, 6) is -2.74. The van der Waals surface area contributed by atoms with E-state index in [1.807, 2.05) is 0 Å². The van der Waals surface area contributed by atoms with Crippen molar-refractivity contribution in [2.75, 3.05) is 0 Å². The summed E-state index contributed by atoms with van der Waals surface area (Å²) in [6.45, 7) is 0. The lowest BCUT2D eigenvalue weighted by Crippen LogP contribution is -2.37. The minimum atomic E-state index is -5.33. The molecule has 0 heterocycles. The van der Waals surface area contributed by atoms with E-state index in [1.54, 1.807) is 0 Å². The minimum absolute atomic E-state index is 0.455. The zero-order valence-electron chi connectivity index (χ0n) is 7.52. The molecule has 0 spiro atoms. The minimum Gasteiger partial charge on any atom is -0.476 e. The van der Waals surface area contributed by atoms with Crippen molar-refractivity contribution in [1.82, 2.24) is 0 Å². The summed E-state index contributed by atoms with van der Waals surface area (Å²) in [6.07, 6.45) is 0. The summed E-state index contributed by atoms with van der Waals surface area (Å²) in [5, 5.41) is 2.80. The molecule has 0 aromatic heterocycles. The zero-order chi connectivity index (χ0) is 12.6. The highest BCUT2D eigenvalue weighted by molar-refractivity contribution is 7.93. The van der Waals surface area contributed by atoms with Crippen molar-refractivity contribution in [3.8, 4) is 0 Å². The predicted octanol–water partition coefficient (Wildman–Crippen LogP) is 1.79. The number of carboxylic acid groups (broad SMARTS) is 1. The lowest BCUT2D eigenvalue weighted by Gasteiger charge is -2.12. The van der Waals surface area contributed by atoms with Crippen molar-refractivity contribution in [3.05, 3.63) is 29.3 Å². The van der Waals surface area contributed by atoms with Crippen LogP contribution in [0.25, 0.3) is 0 Å². The van der Waals surface area contributed by atoms with Crippen LogP contribution in [0.3, 0.4) is 0 Å². The second kappa shape index (κ2) is 3.99. The average molecular weight is 271 g/mol. The van der Waals surface area contributed by atoms with E-state index < -0.39 is 31.0 Å². The summed E-state index contributed by atoms with van der Waals surface area (Å²) < 4.78 is 48.5. The van der Waals surface area contributed by atoms with Crippen LogP contribution < -0.4 is 0 Å². The first-order valence-electron chi connectivity index (χ1n) is 3.81. The van der Waals surface area contributed by atoms with Crippen LogP contribution in [0.4, 0.5) is 8.78 Å². The lowest BCUT2D eigenvalue weighted by atomic mass is 10.4. The largest absolute Gasteiger partial charge is 0.476 e. The second-order valence-electron chi connectivity index (χ2n) is 2.76. The van der Waals surface area contributed by atoms with Crippen molar-refractivity contribution < 1.29 is 27.1 Å². The second-order valence-corrected chi connectivity index (χ2v) is 5.12. The highest BCUT2D eigenvalue weighted by atomic mass is 35.5. The van der Waals surface area contributed by atoms with Gasteiger partial charge in [0.15, 0.2) is 0 Å². The number of hydrogen-bond donors (Lipinski definition) is 1. The zero-order valence-corrected chi connectivity index (χ0v) is 9.10. The van der Waals surface area contributed by atoms with Crippen LogP contribution in [-0.4, -0.2) is 24.7 Å². The molecule has 0 radical (unpaired) electrons. The fourth-order valence-corrected chi connectivity index (χ4v) is 2.44. The van der Waals surface area contributed by atoms with Gasteiger partial charge in [-0.15, -0.1) is 0 Å². The Balaban J connectivity index is 3.45. The number of alkyl halides is 2. The molecule has 0 fully saturated rings. The van der Waals surface area contributed by atoms with Gasteiger partial charge in [-0.1, -0.05) is 23.7 Å². The molecule has 0 aliphatic rings. The number of carbonyl (C=O) groups is 1. The third-order valence-corrected chi connectivity index (χ3v) is 3.94. The van der Waals surface area contributed by atoms with Crippen molar-refractivity contribution in [3.63, 3.8) is 0 Å². The van der Waals surface area contributed by atoms with E-state index in [1.165, 1.54) is 6.07 Å². The van der Waals surface area contributed by atoms with E-state index in [-0.39, 0.29) is 0 Å². The van der Waals surface area contributed by atoms with Gasteiger partial charge in [-0.05, 0) is 12.1 Å². The number of aliphatic carboxylic acids is 1. The maximum Gasteiger partial charge on any atom is 0.444 e. The Labute approximate surface area is 94.4 Å². The fraction of sp³-hybridized carbons (Fsp3) is 0.125. The highest BCUT2D eigenvalue weighted by Crippen LogP contribution is 2.33. The highest BCUT2D eigenvalue weighted by Gasteiger charge is 2.54. The van der Waals surface area contributed by atoms with Crippen LogP contribution in [0.5, 0.6) is 0 Å². The summed E-state index contributed by atoms with van der Waals surface area (Å²) in [7, 11) is -5.33. The van der Waals surface area contributed by atoms with Crippen molar-refractivity contribution in [2.45, 2.75) is 10.2 Å². The van der Waals surface area contributed by atoms with Crippen LogP contribution in [0.2, 0.25) is 5.02 Å². The first-order valence-corrected chi connectivity index (χ1v) is 5.67. The van der Waals surface area contributed by atoms with Gasteiger partial charge in [0.05, 0.1) is 9.92 Å². The third-order valence-electron chi connectivity index (χ3n) is 1.71. The van der Waals surface area contributed by atoms with Gasteiger partial charge in [0.25, 0.3) is 9.84 Å². The normalized spacial score (nSPS) is 12.4. The van der Waals surface area contributed by atoms with E-state index in [9.17, 15) is 22.0 Å². The Kier molecular flexibility index (Phi) is 3.20. The molecule has 0 bridgehead atoms. The van der Waals surface area contributed by atoms with Gasteiger partial charge in [0.1, 0.15) is 0 Å². The monoisotopic (exact) mass is 270 g/mol. The van der Waals surface area contributed by atoms with Crippen molar-refractivity contribution >= 4 is 27.4 Å². The summed E-state index contributed by atoms with van der Waals surface area (Å²) >= 11 is 5.41. The maximum absolute atomic E-state index is 12.9. The molecular formula is C8H5ClF2O4S. The predicted molar refractivity (Wildman–Crippen MR) is 51.2 cm³/mol. The average Bonchev–Trinajstić information content (AvgIpc) is 2.17. The molecule has 0 saturated carbocycles. The Morgan fingerprint density at radius 3 is 2.25 bits per heavy atom. The van der Waals surface area contributed by atoms with Crippen LogP contribution in [0.1, 0.15) is 0 Å². The van der Waals surface area contributed by atoms with Gasteiger partial charge < -0.3 is 5.11 Å². The van der Waals surface area contributed by atoms with E-state index in [4.69, 9.17) is 16.7 Å². The Hall–Kier alpha value is -1.21. The van der Waals surface area contributed by atoms with Crippen molar-refractivity contribution in [1.29, 1.82) is 0 Å². The molecule has 0 unspecified atom stereocenters. The summed E-state index contributed by atoms with van der Waals surface area (Å²) in [4.78, 5) is 9.27. The summed E-state index contributed by atoms with van der Waals surface area (Å²) in [6, 6.07) is 4.39. The van der Waals surface area contributed by atoms with E-state index >= 15 is 0 Å². The van der Waals surface area contributed by atoms with Crippen LogP contribution in [-0.2, 0) is 14.6 Å².